The summed E-state index contributed by atoms with van der Waals surface area (Å²) in [6, 6.07) is 0. The number of nitrogens with one attached hydrogen (secondary N) is 2. The van der Waals surface area contributed by atoms with E-state index < -0.39 is 0 Å². The summed E-state index contributed by atoms with van der Waals surface area (Å²) in [5, 5.41) is 17.0. The highest BCUT2D eigenvalue weighted by Crippen LogP contribution is 2.17. The Morgan fingerprint density at radius 3 is 3.12 bits per heavy atom. The van der Waals surface area contributed by atoms with Crippen LogP contribution in [0.25, 0.3) is 0 Å². The van der Waals surface area contributed by atoms with E-state index in [0.717, 1.165) is 18.5 Å². The van der Waals surface area contributed by atoms with Crippen molar-refractivity contribution in [2.75, 3.05) is 11.1 Å². The number of hydrogen-bond donors (Lipinski definition) is 3. The fourth-order valence-electron chi connectivity index (χ4n) is 1.38. The molecule has 0 saturated heterocycles. The zero-order valence-corrected chi connectivity index (χ0v) is 10.0. The van der Waals surface area contributed by atoms with Gasteiger partial charge in [-0.2, -0.15) is 5.10 Å². The Balaban J connectivity index is 2.14. The van der Waals surface area contributed by atoms with Crippen LogP contribution in [-0.2, 0) is 6.42 Å². The molecule has 90 valence electrons. The van der Waals surface area contributed by atoms with E-state index in [0.29, 0.717) is 10.8 Å². The normalized spacial score (nSPS) is 10.4. The fourth-order valence-corrected chi connectivity index (χ4v) is 1.82. The number of aromatic nitrogens is 4. The van der Waals surface area contributed by atoms with E-state index in [1.807, 2.05) is 6.92 Å². The van der Waals surface area contributed by atoms with Gasteiger partial charge in [-0.25, -0.2) is 0 Å². The summed E-state index contributed by atoms with van der Waals surface area (Å²) in [4.78, 5) is 11.8. The topological polar surface area (TPSA) is 110 Å². The number of nitrogen functional groups attached to an aromatic ring is 1. The molecular weight excluding hydrogens is 240 g/mol. The Kier molecular flexibility index (Phi) is 3.33. The zero-order chi connectivity index (χ0) is 12.3. The molecule has 0 atom stereocenters. The van der Waals surface area contributed by atoms with E-state index in [1.54, 1.807) is 0 Å². The van der Waals surface area contributed by atoms with Gasteiger partial charge >= 0.3 is 0 Å². The van der Waals surface area contributed by atoms with Crippen LogP contribution in [0.3, 0.4) is 0 Å². The first-order valence-electron chi connectivity index (χ1n) is 5.12. The number of hydrogen-bond acceptors (Lipinski definition) is 6. The number of nitrogens with two attached hydrogens (primary N) is 1. The van der Waals surface area contributed by atoms with Crippen molar-refractivity contribution >= 4 is 28.1 Å². The number of H-pyrrole nitrogens is 1. The molecule has 7 nitrogen and oxygen atoms in total. The Bertz CT molecular complexity index is 506. The standard InChI is InChI=1S/C9H12N6OS/c1-2-3-5-6(10)7(14-13-5)8(16)12-9-15-11-4-17-9/h4H,2-3,10H2,1H3,(H,13,14)(H,12,15,16). The molecule has 0 unspecified atom stereocenters. The van der Waals surface area contributed by atoms with E-state index >= 15 is 0 Å². The van der Waals surface area contributed by atoms with Crippen LogP contribution in [0.5, 0.6) is 0 Å². The average Bonchev–Trinajstić information content (AvgIpc) is 2.91. The number of amides is 1. The first-order chi connectivity index (χ1) is 8.22. The third-order valence-corrected chi connectivity index (χ3v) is 2.79. The minimum Gasteiger partial charge on any atom is -0.395 e. The Morgan fingerprint density at radius 1 is 1.65 bits per heavy atom. The van der Waals surface area contributed by atoms with Crippen LogP contribution in [0.2, 0.25) is 0 Å². The number of aryl methyl sites for hydroxylation is 1. The lowest BCUT2D eigenvalue weighted by Crippen LogP contribution is -2.14. The summed E-state index contributed by atoms with van der Waals surface area (Å²) >= 11 is 1.24. The molecule has 0 spiro atoms. The number of aromatic amines is 1. The van der Waals surface area contributed by atoms with E-state index in [4.69, 9.17) is 5.73 Å². The Hall–Kier alpha value is -1.96. The summed E-state index contributed by atoms with van der Waals surface area (Å²) < 4.78 is 0. The lowest BCUT2D eigenvalue weighted by molar-refractivity contribution is 0.102. The molecule has 0 fully saturated rings. The molecule has 0 aliphatic heterocycles. The predicted octanol–water partition coefficient (Wildman–Crippen LogP) is 1.05. The van der Waals surface area contributed by atoms with Gasteiger partial charge in [-0.1, -0.05) is 24.7 Å². The Labute approximate surface area is 101 Å². The van der Waals surface area contributed by atoms with Crippen molar-refractivity contribution in [3.05, 3.63) is 16.9 Å². The molecule has 2 aromatic heterocycles. The summed E-state index contributed by atoms with van der Waals surface area (Å²) in [5.74, 6) is -0.377. The van der Waals surface area contributed by atoms with Gasteiger partial charge in [-0.05, 0) is 6.42 Å². The third kappa shape index (κ3) is 2.41. The highest BCUT2D eigenvalue weighted by atomic mass is 32.1. The minimum atomic E-state index is -0.377. The molecule has 0 aliphatic carbocycles. The smallest absolute Gasteiger partial charge is 0.280 e. The molecule has 2 aromatic rings. The predicted molar refractivity (Wildman–Crippen MR) is 64.9 cm³/mol. The van der Waals surface area contributed by atoms with Gasteiger partial charge in [0.05, 0.1) is 11.4 Å². The largest absolute Gasteiger partial charge is 0.395 e. The van der Waals surface area contributed by atoms with Gasteiger partial charge < -0.3 is 5.73 Å². The first kappa shape index (κ1) is 11.5. The van der Waals surface area contributed by atoms with Crippen LogP contribution in [0.15, 0.2) is 5.51 Å². The van der Waals surface area contributed by atoms with E-state index in [2.05, 4.69) is 25.7 Å². The van der Waals surface area contributed by atoms with Gasteiger partial charge in [0.25, 0.3) is 5.91 Å². The number of rotatable bonds is 4. The second kappa shape index (κ2) is 4.91. The molecule has 2 heterocycles. The molecule has 0 bridgehead atoms. The summed E-state index contributed by atoms with van der Waals surface area (Å²) in [7, 11) is 0. The van der Waals surface area contributed by atoms with Gasteiger partial charge in [-0.3, -0.25) is 15.2 Å². The molecular formula is C9H12N6OS. The number of carbonyl (C=O) groups excluding carboxylic acids is 1. The van der Waals surface area contributed by atoms with Crippen molar-refractivity contribution in [1.29, 1.82) is 0 Å². The van der Waals surface area contributed by atoms with Crippen LogP contribution in [0.1, 0.15) is 29.5 Å². The van der Waals surface area contributed by atoms with Crippen molar-refractivity contribution < 1.29 is 4.79 Å². The molecule has 17 heavy (non-hydrogen) atoms. The molecule has 0 saturated carbocycles. The highest BCUT2D eigenvalue weighted by Gasteiger charge is 2.17. The SMILES string of the molecule is CCCc1[nH]nc(C(=O)Nc2nncs2)c1N. The van der Waals surface area contributed by atoms with Crippen molar-refractivity contribution in [3.63, 3.8) is 0 Å². The maximum absolute atomic E-state index is 11.8. The fraction of sp³-hybridized carbons (Fsp3) is 0.333. The second-order valence-electron chi connectivity index (χ2n) is 3.41. The van der Waals surface area contributed by atoms with Crippen molar-refractivity contribution in [2.45, 2.75) is 19.8 Å². The van der Waals surface area contributed by atoms with Crippen molar-refractivity contribution in [2.24, 2.45) is 0 Å². The average molecular weight is 252 g/mol. The lowest BCUT2D eigenvalue weighted by Gasteiger charge is -1.99. The van der Waals surface area contributed by atoms with E-state index in [1.165, 1.54) is 16.8 Å². The number of nitrogens with zero attached hydrogens (tertiary/aromatic N) is 3. The van der Waals surface area contributed by atoms with E-state index in [9.17, 15) is 4.79 Å². The summed E-state index contributed by atoms with van der Waals surface area (Å²) in [6.45, 7) is 2.03. The van der Waals surface area contributed by atoms with Gasteiger partial charge in [-0.15, -0.1) is 10.2 Å². The van der Waals surface area contributed by atoms with Gasteiger partial charge in [0.15, 0.2) is 5.69 Å². The summed E-state index contributed by atoms with van der Waals surface area (Å²) in [6.07, 6.45) is 1.70. The monoisotopic (exact) mass is 252 g/mol. The molecule has 8 heteroatoms. The molecule has 4 N–H and O–H groups in total. The van der Waals surface area contributed by atoms with Crippen LogP contribution in [-0.4, -0.2) is 26.3 Å². The minimum absolute atomic E-state index is 0.198. The second-order valence-corrected chi connectivity index (χ2v) is 4.25. The van der Waals surface area contributed by atoms with Gasteiger partial charge in [0.1, 0.15) is 5.51 Å². The van der Waals surface area contributed by atoms with Crippen LogP contribution < -0.4 is 11.1 Å². The molecule has 2 rings (SSSR count). The lowest BCUT2D eigenvalue weighted by atomic mass is 10.2. The van der Waals surface area contributed by atoms with Crippen LogP contribution in [0.4, 0.5) is 10.8 Å². The third-order valence-electron chi connectivity index (χ3n) is 2.18. The first-order valence-corrected chi connectivity index (χ1v) is 6.00. The number of anilines is 2. The van der Waals surface area contributed by atoms with Crippen molar-refractivity contribution in [3.8, 4) is 0 Å². The zero-order valence-electron chi connectivity index (χ0n) is 9.23. The van der Waals surface area contributed by atoms with Crippen LogP contribution in [0, 0.1) is 0 Å². The maximum atomic E-state index is 11.8. The quantitative estimate of drug-likeness (QED) is 0.753. The maximum Gasteiger partial charge on any atom is 0.280 e. The molecule has 0 aliphatic rings. The van der Waals surface area contributed by atoms with Crippen LogP contribution >= 0.6 is 11.3 Å². The van der Waals surface area contributed by atoms with Crippen molar-refractivity contribution in [1.82, 2.24) is 20.4 Å². The Morgan fingerprint density at radius 2 is 2.47 bits per heavy atom. The van der Waals surface area contributed by atoms with E-state index in [-0.39, 0.29) is 11.6 Å². The molecule has 0 radical (unpaired) electrons. The molecule has 1 amide bonds. The number of carbonyl (C=O) groups is 1. The van der Waals surface area contributed by atoms with Gasteiger partial charge in [0, 0.05) is 0 Å². The highest BCUT2D eigenvalue weighted by molar-refractivity contribution is 7.13. The summed E-state index contributed by atoms with van der Waals surface area (Å²) in [5.41, 5.74) is 8.75. The molecule has 0 aromatic carbocycles. The van der Waals surface area contributed by atoms with Gasteiger partial charge in [0.2, 0.25) is 5.13 Å².